The van der Waals surface area contributed by atoms with Crippen molar-refractivity contribution in [2.45, 2.75) is 39.2 Å². The number of carbonyl (C=O) groups is 2. The van der Waals surface area contributed by atoms with E-state index >= 15 is 0 Å². The van der Waals surface area contributed by atoms with Gasteiger partial charge >= 0.3 is 12.3 Å². The van der Waals surface area contributed by atoms with Crippen LogP contribution in [0.2, 0.25) is 0 Å². The van der Waals surface area contributed by atoms with Gasteiger partial charge in [-0.2, -0.15) is 0 Å². The lowest BCUT2D eigenvalue weighted by Gasteiger charge is -2.24. The molecule has 36 heavy (non-hydrogen) atoms. The smallest absolute Gasteiger partial charge is 0.459 e. The van der Waals surface area contributed by atoms with E-state index in [4.69, 9.17) is 9.47 Å². The van der Waals surface area contributed by atoms with Crippen molar-refractivity contribution in [2.24, 2.45) is 5.92 Å². The average Bonchev–Trinajstić information content (AvgIpc) is 2.78. The minimum Gasteiger partial charge on any atom is -0.459 e. The molecule has 0 fully saturated rings. The third-order valence-corrected chi connectivity index (χ3v) is 4.67. The second kappa shape index (κ2) is 10.8. The summed E-state index contributed by atoms with van der Waals surface area (Å²) in [4.78, 5) is 30.6. The number of carbonyl (C=O) groups excluding carboxylic acids is 2. The van der Waals surface area contributed by atoms with Crippen LogP contribution < -0.4 is 9.47 Å². The molecule has 0 amide bonds. The van der Waals surface area contributed by atoms with E-state index in [-0.39, 0.29) is 23.6 Å². The molecular weight excluding hydrogens is 482 g/mol. The number of nitrogens with zero attached hydrogens (tertiary/aromatic N) is 1. The first kappa shape index (κ1) is 26.7. The number of esters is 1. The Hall–Kier alpha value is -3.95. The maximum absolute atomic E-state index is 13.5. The molecule has 0 saturated carbocycles. The molecule has 0 aliphatic rings. The van der Waals surface area contributed by atoms with E-state index in [1.165, 1.54) is 54.7 Å². The fourth-order valence-electron chi connectivity index (χ4n) is 3.18. The van der Waals surface area contributed by atoms with Gasteiger partial charge in [-0.3, -0.25) is 9.59 Å². The summed E-state index contributed by atoms with van der Waals surface area (Å²) < 4.78 is 65.6. The van der Waals surface area contributed by atoms with E-state index < -0.39 is 41.2 Å². The molecular formula is C26H23F4NO5. The Kier molecular flexibility index (Phi) is 7.96. The SMILES string of the molecule is CC(C)(C)OC(=O)C(Cc1ccc(OC(F)(F)F)cc1)C(=O)c1cccnc1Oc1ccc(F)cc1. The number of ether oxygens (including phenoxy) is 3. The lowest BCUT2D eigenvalue weighted by atomic mass is 9.91. The maximum atomic E-state index is 13.5. The van der Waals surface area contributed by atoms with Crippen molar-refractivity contribution in [3.8, 4) is 17.4 Å². The van der Waals surface area contributed by atoms with Gasteiger partial charge in [-0.15, -0.1) is 13.2 Å². The van der Waals surface area contributed by atoms with Gasteiger partial charge in [-0.25, -0.2) is 9.37 Å². The van der Waals surface area contributed by atoms with Gasteiger partial charge in [0.2, 0.25) is 5.88 Å². The minimum atomic E-state index is -4.85. The first-order chi connectivity index (χ1) is 16.8. The minimum absolute atomic E-state index is 0.0188. The first-order valence-electron chi connectivity index (χ1n) is 10.8. The zero-order valence-corrected chi connectivity index (χ0v) is 19.6. The second-order valence-electron chi connectivity index (χ2n) is 8.76. The molecule has 0 radical (unpaired) electrons. The van der Waals surface area contributed by atoms with Gasteiger partial charge in [0, 0.05) is 6.20 Å². The van der Waals surface area contributed by atoms with Crippen LogP contribution in [0.15, 0.2) is 66.9 Å². The van der Waals surface area contributed by atoms with Crippen molar-refractivity contribution in [3.63, 3.8) is 0 Å². The van der Waals surface area contributed by atoms with E-state index in [1.54, 1.807) is 20.8 Å². The van der Waals surface area contributed by atoms with Crippen LogP contribution in [0.3, 0.4) is 0 Å². The van der Waals surface area contributed by atoms with Crippen molar-refractivity contribution >= 4 is 11.8 Å². The van der Waals surface area contributed by atoms with Crippen molar-refractivity contribution in [3.05, 3.63) is 83.8 Å². The quantitative estimate of drug-likeness (QED) is 0.155. The molecule has 0 bridgehead atoms. The summed E-state index contributed by atoms with van der Waals surface area (Å²) in [7, 11) is 0. The van der Waals surface area contributed by atoms with Crippen molar-refractivity contribution < 1.29 is 41.4 Å². The lowest BCUT2D eigenvalue weighted by molar-refractivity contribution is -0.274. The molecule has 10 heteroatoms. The number of hydrogen-bond acceptors (Lipinski definition) is 6. The highest BCUT2D eigenvalue weighted by atomic mass is 19.4. The third-order valence-electron chi connectivity index (χ3n) is 4.67. The molecule has 190 valence electrons. The largest absolute Gasteiger partial charge is 0.573 e. The molecule has 3 rings (SSSR count). The summed E-state index contributed by atoms with van der Waals surface area (Å²) in [5.41, 5.74) is -0.518. The number of halogens is 4. The highest BCUT2D eigenvalue weighted by Gasteiger charge is 2.34. The van der Waals surface area contributed by atoms with Crippen molar-refractivity contribution in [1.82, 2.24) is 4.98 Å². The lowest BCUT2D eigenvalue weighted by Crippen LogP contribution is -2.34. The molecule has 0 aliphatic carbocycles. The van der Waals surface area contributed by atoms with E-state index in [2.05, 4.69) is 9.72 Å². The van der Waals surface area contributed by atoms with Gasteiger partial charge in [-0.05, 0) is 81.3 Å². The van der Waals surface area contributed by atoms with Crippen LogP contribution in [-0.4, -0.2) is 28.7 Å². The summed E-state index contributed by atoms with van der Waals surface area (Å²) in [6.45, 7) is 4.93. The second-order valence-corrected chi connectivity index (χ2v) is 8.76. The molecule has 0 N–H and O–H groups in total. The molecule has 1 unspecified atom stereocenters. The summed E-state index contributed by atoms with van der Waals surface area (Å²) in [5.74, 6) is -3.62. The van der Waals surface area contributed by atoms with Gasteiger partial charge in [0.1, 0.15) is 28.8 Å². The van der Waals surface area contributed by atoms with Crippen LogP contribution in [0, 0.1) is 11.7 Å². The van der Waals surface area contributed by atoms with Gasteiger partial charge in [0.15, 0.2) is 5.78 Å². The van der Waals surface area contributed by atoms with E-state index in [1.807, 2.05) is 0 Å². The summed E-state index contributed by atoms with van der Waals surface area (Å²) in [6.07, 6.45) is -3.62. The van der Waals surface area contributed by atoms with E-state index in [0.29, 0.717) is 5.56 Å². The molecule has 3 aromatic rings. The highest BCUT2D eigenvalue weighted by molar-refractivity contribution is 6.10. The molecule has 0 aliphatic heterocycles. The van der Waals surface area contributed by atoms with Crippen molar-refractivity contribution in [1.29, 1.82) is 0 Å². The van der Waals surface area contributed by atoms with Crippen LogP contribution in [0.4, 0.5) is 17.6 Å². The zero-order valence-electron chi connectivity index (χ0n) is 19.6. The predicted octanol–water partition coefficient (Wildman–Crippen LogP) is 6.29. The summed E-state index contributed by atoms with van der Waals surface area (Å²) >= 11 is 0. The summed E-state index contributed by atoms with van der Waals surface area (Å²) in [5, 5.41) is 0. The van der Waals surface area contributed by atoms with Crippen LogP contribution in [0.1, 0.15) is 36.7 Å². The van der Waals surface area contributed by atoms with E-state index in [9.17, 15) is 27.2 Å². The maximum Gasteiger partial charge on any atom is 0.573 e. The Bertz CT molecular complexity index is 1200. The van der Waals surface area contributed by atoms with E-state index in [0.717, 1.165) is 12.1 Å². The van der Waals surface area contributed by atoms with Crippen LogP contribution in [0.25, 0.3) is 0 Å². The number of ketones is 1. The monoisotopic (exact) mass is 505 g/mol. The predicted molar refractivity (Wildman–Crippen MR) is 121 cm³/mol. The average molecular weight is 505 g/mol. The number of hydrogen-bond donors (Lipinski definition) is 0. The Morgan fingerprint density at radius 1 is 0.917 bits per heavy atom. The number of rotatable bonds is 8. The number of pyridine rings is 1. The molecule has 6 nitrogen and oxygen atoms in total. The van der Waals surface area contributed by atoms with Gasteiger partial charge in [0.25, 0.3) is 0 Å². The molecule has 1 atom stereocenters. The zero-order chi connectivity index (χ0) is 26.5. The molecule has 1 aromatic heterocycles. The molecule has 0 spiro atoms. The third kappa shape index (κ3) is 7.79. The summed E-state index contributed by atoms with van der Waals surface area (Å²) in [6, 6.07) is 12.8. The van der Waals surface area contributed by atoms with Crippen LogP contribution in [0.5, 0.6) is 17.4 Å². The number of aromatic nitrogens is 1. The Morgan fingerprint density at radius 3 is 2.11 bits per heavy atom. The fraction of sp³-hybridized carbons (Fsp3) is 0.269. The van der Waals surface area contributed by atoms with Crippen LogP contribution >= 0.6 is 0 Å². The normalized spacial score (nSPS) is 12.5. The molecule has 0 saturated heterocycles. The van der Waals surface area contributed by atoms with Gasteiger partial charge in [-0.1, -0.05) is 12.1 Å². The Labute approximate surface area is 204 Å². The Balaban J connectivity index is 1.90. The molecule has 2 aromatic carbocycles. The Morgan fingerprint density at radius 2 is 1.53 bits per heavy atom. The fourth-order valence-corrected chi connectivity index (χ4v) is 3.18. The molecule has 1 heterocycles. The standard InChI is InChI=1S/C26H23F4NO5/c1-25(2,3)36-24(33)21(15-16-6-10-19(11-7-16)35-26(28,29)30)22(32)20-5-4-14-31-23(20)34-18-12-8-17(27)9-13-18/h4-14,21H,15H2,1-3H3. The highest BCUT2D eigenvalue weighted by Crippen LogP contribution is 2.29. The topological polar surface area (TPSA) is 74.7 Å². The number of alkyl halides is 3. The first-order valence-corrected chi connectivity index (χ1v) is 10.8. The van der Waals surface area contributed by atoms with Crippen molar-refractivity contribution in [2.75, 3.05) is 0 Å². The van der Waals surface area contributed by atoms with Gasteiger partial charge < -0.3 is 14.2 Å². The number of benzene rings is 2. The van der Waals surface area contributed by atoms with Crippen LogP contribution in [-0.2, 0) is 16.0 Å². The number of Topliss-reactive ketones (excluding diaryl/α,β-unsaturated/α-hetero) is 1. The van der Waals surface area contributed by atoms with Gasteiger partial charge in [0.05, 0.1) is 5.56 Å².